The predicted molar refractivity (Wildman–Crippen MR) is 64.3 cm³/mol. The third-order valence-corrected chi connectivity index (χ3v) is 4.07. The fraction of sp³-hybridized carbons (Fsp3) is 0.571. The number of hydrogen-bond donors (Lipinski definition) is 0. The Morgan fingerprint density at radius 1 is 1.13 bits per heavy atom. The van der Waals surface area contributed by atoms with Crippen LogP contribution < -0.4 is 4.90 Å². The first-order chi connectivity index (χ1) is 7.38. The zero-order valence-corrected chi connectivity index (χ0v) is 9.45. The molecule has 2 fully saturated rings. The smallest absolute Gasteiger partial charge is 0.0373 e. The van der Waals surface area contributed by atoms with Crippen molar-refractivity contribution in [2.75, 3.05) is 4.90 Å². The Morgan fingerprint density at radius 2 is 1.80 bits per heavy atom. The summed E-state index contributed by atoms with van der Waals surface area (Å²) in [6, 6.07) is 10.8. The van der Waals surface area contributed by atoms with Crippen LogP contribution in [0.15, 0.2) is 24.3 Å². The number of anilines is 1. The third-order valence-electron chi connectivity index (χ3n) is 4.07. The highest BCUT2D eigenvalue weighted by atomic mass is 15.2. The van der Waals surface area contributed by atoms with Crippen LogP contribution in [-0.4, -0.2) is 12.1 Å². The van der Waals surface area contributed by atoms with Crippen molar-refractivity contribution in [3.8, 4) is 0 Å². The van der Waals surface area contributed by atoms with Crippen molar-refractivity contribution >= 4 is 5.69 Å². The van der Waals surface area contributed by atoms with Gasteiger partial charge in [0.15, 0.2) is 0 Å². The van der Waals surface area contributed by atoms with Crippen molar-refractivity contribution in [3.63, 3.8) is 0 Å². The molecule has 1 nitrogen and oxygen atoms in total. The lowest BCUT2D eigenvalue weighted by Gasteiger charge is -2.25. The van der Waals surface area contributed by atoms with Gasteiger partial charge in [0.1, 0.15) is 0 Å². The van der Waals surface area contributed by atoms with Gasteiger partial charge in [-0.15, -0.1) is 0 Å². The van der Waals surface area contributed by atoms with Crippen LogP contribution in [0.4, 0.5) is 5.69 Å². The second kappa shape index (κ2) is 3.55. The Morgan fingerprint density at radius 3 is 2.40 bits per heavy atom. The predicted octanol–water partition coefficient (Wildman–Crippen LogP) is 3.38. The molecule has 0 spiro atoms. The second-order valence-electron chi connectivity index (χ2n) is 4.89. The average Bonchev–Trinajstić information content (AvgIpc) is 2.88. The van der Waals surface area contributed by atoms with Gasteiger partial charge in [-0.25, -0.2) is 0 Å². The summed E-state index contributed by atoms with van der Waals surface area (Å²) in [4.78, 5) is 2.68. The number of fused-ring (bicyclic) bond motifs is 2. The summed E-state index contributed by atoms with van der Waals surface area (Å²) >= 11 is 0. The number of aryl methyl sites for hydroxylation is 1. The molecule has 0 unspecified atom stereocenters. The molecule has 2 aliphatic rings. The lowest BCUT2D eigenvalue weighted by atomic mass is 10.0. The molecular formula is C14H19N. The molecule has 2 aliphatic heterocycles. The van der Waals surface area contributed by atoms with E-state index < -0.39 is 0 Å². The maximum atomic E-state index is 2.68. The maximum Gasteiger partial charge on any atom is 0.0373 e. The molecule has 80 valence electrons. The van der Waals surface area contributed by atoms with E-state index in [9.17, 15) is 0 Å². The van der Waals surface area contributed by atoms with E-state index in [1.807, 2.05) is 0 Å². The quantitative estimate of drug-likeness (QED) is 0.709. The van der Waals surface area contributed by atoms with Crippen LogP contribution in [0, 0.1) is 0 Å². The number of rotatable bonds is 2. The van der Waals surface area contributed by atoms with Crippen LogP contribution >= 0.6 is 0 Å². The van der Waals surface area contributed by atoms with E-state index in [1.54, 1.807) is 0 Å². The molecule has 0 amide bonds. The largest absolute Gasteiger partial charge is 0.366 e. The molecule has 2 saturated heterocycles. The van der Waals surface area contributed by atoms with E-state index >= 15 is 0 Å². The van der Waals surface area contributed by atoms with Gasteiger partial charge in [0.2, 0.25) is 0 Å². The van der Waals surface area contributed by atoms with Crippen molar-refractivity contribution < 1.29 is 0 Å². The highest BCUT2D eigenvalue weighted by molar-refractivity contribution is 5.52. The van der Waals surface area contributed by atoms with Crippen LogP contribution in [0.2, 0.25) is 0 Å². The van der Waals surface area contributed by atoms with Crippen LogP contribution in [0.5, 0.6) is 0 Å². The SMILES string of the molecule is CCc1cccc(N2C3CCC2CC3)c1. The van der Waals surface area contributed by atoms with Gasteiger partial charge < -0.3 is 4.90 Å². The van der Waals surface area contributed by atoms with E-state index in [0.29, 0.717) is 0 Å². The molecule has 2 heterocycles. The first-order valence-corrected chi connectivity index (χ1v) is 6.26. The summed E-state index contributed by atoms with van der Waals surface area (Å²) in [5.41, 5.74) is 2.94. The molecule has 0 aliphatic carbocycles. The first kappa shape index (κ1) is 9.26. The standard InChI is InChI=1S/C14H19N/c1-2-11-4-3-5-14(10-11)15-12-6-7-13(15)9-8-12/h3-5,10,12-13H,2,6-9H2,1H3. The van der Waals surface area contributed by atoms with E-state index in [2.05, 4.69) is 36.1 Å². The van der Waals surface area contributed by atoms with Crippen molar-refractivity contribution in [3.05, 3.63) is 29.8 Å². The number of hydrogen-bond acceptors (Lipinski definition) is 1. The van der Waals surface area contributed by atoms with E-state index in [4.69, 9.17) is 0 Å². The summed E-state index contributed by atoms with van der Waals surface area (Å²) in [5.74, 6) is 0. The molecule has 1 heteroatoms. The fourth-order valence-electron chi connectivity index (χ4n) is 3.27. The van der Waals surface area contributed by atoms with Gasteiger partial charge in [-0.2, -0.15) is 0 Å². The average molecular weight is 201 g/mol. The molecule has 0 aromatic heterocycles. The number of nitrogens with zero attached hydrogens (tertiary/aromatic N) is 1. The third kappa shape index (κ3) is 1.45. The molecule has 0 atom stereocenters. The van der Waals surface area contributed by atoms with Crippen LogP contribution in [-0.2, 0) is 6.42 Å². The Labute approximate surface area is 92.1 Å². The summed E-state index contributed by atoms with van der Waals surface area (Å²) in [6.45, 7) is 2.23. The van der Waals surface area contributed by atoms with E-state index in [1.165, 1.54) is 36.9 Å². The lowest BCUT2D eigenvalue weighted by molar-refractivity contribution is 0.576. The summed E-state index contributed by atoms with van der Waals surface area (Å²) in [7, 11) is 0. The molecule has 0 radical (unpaired) electrons. The molecule has 3 rings (SSSR count). The Kier molecular flexibility index (Phi) is 2.19. The first-order valence-electron chi connectivity index (χ1n) is 6.26. The normalized spacial score (nSPS) is 28.7. The molecule has 1 aromatic carbocycles. The monoisotopic (exact) mass is 201 g/mol. The van der Waals surface area contributed by atoms with Gasteiger partial charge in [0.05, 0.1) is 0 Å². The summed E-state index contributed by atoms with van der Waals surface area (Å²) in [6.07, 6.45) is 6.82. The topological polar surface area (TPSA) is 3.24 Å². The van der Waals surface area contributed by atoms with Crippen molar-refractivity contribution in [2.45, 2.75) is 51.1 Å². The summed E-state index contributed by atoms with van der Waals surface area (Å²) < 4.78 is 0. The van der Waals surface area contributed by atoms with Gasteiger partial charge in [0.25, 0.3) is 0 Å². The van der Waals surface area contributed by atoms with Crippen LogP contribution in [0.25, 0.3) is 0 Å². The molecular weight excluding hydrogens is 182 g/mol. The Hall–Kier alpha value is -0.980. The van der Waals surface area contributed by atoms with E-state index in [-0.39, 0.29) is 0 Å². The molecule has 0 saturated carbocycles. The van der Waals surface area contributed by atoms with Crippen molar-refractivity contribution in [2.24, 2.45) is 0 Å². The van der Waals surface area contributed by atoms with Gasteiger partial charge in [0, 0.05) is 17.8 Å². The highest BCUT2D eigenvalue weighted by Gasteiger charge is 2.39. The minimum atomic E-state index is 0.849. The molecule has 15 heavy (non-hydrogen) atoms. The van der Waals surface area contributed by atoms with Crippen LogP contribution in [0.3, 0.4) is 0 Å². The van der Waals surface area contributed by atoms with Crippen molar-refractivity contribution in [1.29, 1.82) is 0 Å². The molecule has 2 bridgehead atoms. The number of benzene rings is 1. The zero-order chi connectivity index (χ0) is 10.3. The van der Waals surface area contributed by atoms with E-state index in [0.717, 1.165) is 18.5 Å². The van der Waals surface area contributed by atoms with Gasteiger partial charge >= 0.3 is 0 Å². The second-order valence-corrected chi connectivity index (χ2v) is 4.89. The minimum Gasteiger partial charge on any atom is -0.366 e. The molecule has 0 N–H and O–H groups in total. The van der Waals surface area contributed by atoms with Crippen molar-refractivity contribution in [1.82, 2.24) is 0 Å². The van der Waals surface area contributed by atoms with Gasteiger partial charge in [-0.1, -0.05) is 19.1 Å². The minimum absolute atomic E-state index is 0.849. The zero-order valence-electron chi connectivity index (χ0n) is 9.45. The van der Waals surface area contributed by atoms with Gasteiger partial charge in [-0.3, -0.25) is 0 Å². The molecule has 1 aromatic rings. The lowest BCUT2D eigenvalue weighted by Crippen LogP contribution is -2.27. The Bertz CT molecular complexity index is 338. The van der Waals surface area contributed by atoms with Crippen LogP contribution in [0.1, 0.15) is 38.2 Å². The van der Waals surface area contributed by atoms with Gasteiger partial charge in [-0.05, 0) is 49.8 Å². The fourth-order valence-corrected chi connectivity index (χ4v) is 3.27. The summed E-state index contributed by atoms with van der Waals surface area (Å²) in [5, 5.41) is 0. The Balaban J connectivity index is 1.92. The maximum absolute atomic E-state index is 2.68. The highest BCUT2D eigenvalue weighted by Crippen LogP contribution is 2.40.